The first-order valence-electron chi connectivity index (χ1n) is 10.8. The average molecular weight is 440 g/mol. The van der Waals surface area contributed by atoms with Gasteiger partial charge in [-0.1, -0.05) is 0 Å². The van der Waals surface area contributed by atoms with Crippen molar-refractivity contribution in [3.8, 4) is 0 Å². The minimum absolute atomic E-state index is 0.0735. The molecule has 0 aliphatic heterocycles. The monoisotopic (exact) mass is 440 g/mol. The largest absolute Gasteiger partial charge is 0.393 e. The summed E-state index contributed by atoms with van der Waals surface area (Å²) in [4.78, 5) is 30.3. The summed E-state index contributed by atoms with van der Waals surface area (Å²) in [5.74, 6) is 1.04. The Morgan fingerprint density at radius 2 is 2.16 bits per heavy atom. The second-order valence-corrected chi connectivity index (χ2v) is 8.61. The highest BCUT2D eigenvalue weighted by Gasteiger charge is 2.39. The van der Waals surface area contributed by atoms with Crippen molar-refractivity contribution in [3.05, 3.63) is 46.5 Å². The molecule has 3 aromatic rings. The standard InChI is InChI=1S/C22H25FN6O3/c1-24-20-10-19(26-16-3-2-6-28(22(16)32)17-9-15(17)23)27-21-14(11-25-29(20)21)18(31)8-12-4-5-13(30)7-12/h2-3,6,10-13,15,17,24,30H,4-5,7-9H2,1H3,(H,26,27)/t12-,13+,15-,17-/m1/s1. The van der Waals surface area contributed by atoms with Crippen LogP contribution < -0.4 is 16.2 Å². The molecule has 0 radical (unpaired) electrons. The van der Waals surface area contributed by atoms with Gasteiger partial charge in [0.25, 0.3) is 5.56 Å². The molecule has 5 rings (SSSR count). The van der Waals surface area contributed by atoms with Gasteiger partial charge < -0.3 is 20.3 Å². The zero-order chi connectivity index (χ0) is 22.4. The van der Waals surface area contributed by atoms with Gasteiger partial charge in [0.15, 0.2) is 11.4 Å². The van der Waals surface area contributed by atoms with Crippen LogP contribution in [-0.4, -0.2) is 49.4 Å². The summed E-state index contributed by atoms with van der Waals surface area (Å²) in [6.07, 6.45) is 4.63. The zero-order valence-corrected chi connectivity index (χ0v) is 17.7. The van der Waals surface area contributed by atoms with Crippen LogP contribution in [0.25, 0.3) is 5.65 Å². The summed E-state index contributed by atoms with van der Waals surface area (Å²) in [5, 5.41) is 20.1. The van der Waals surface area contributed by atoms with Gasteiger partial charge in [-0.15, -0.1) is 0 Å². The maximum absolute atomic E-state index is 13.5. The molecular formula is C22H25FN6O3. The predicted molar refractivity (Wildman–Crippen MR) is 117 cm³/mol. The number of halogens is 1. The third-order valence-corrected chi connectivity index (χ3v) is 6.29. The third-order valence-electron chi connectivity index (χ3n) is 6.29. The molecule has 0 aromatic carbocycles. The number of carbonyl (C=O) groups excluding carboxylic acids is 1. The average Bonchev–Trinajstić information content (AvgIpc) is 3.14. The maximum Gasteiger partial charge on any atom is 0.274 e. The number of ketones is 1. The number of anilines is 3. The number of nitrogens with one attached hydrogen (secondary N) is 2. The van der Waals surface area contributed by atoms with E-state index in [1.807, 2.05) is 0 Å². The van der Waals surface area contributed by atoms with Crippen LogP contribution in [0.3, 0.4) is 0 Å². The Kier molecular flexibility index (Phi) is 5.16. The smallest absolute Gasteiger partial charge is 0.274 e. The molecule has 3 N–H and O–H groups in total. The van der Waals surface area contributed by atoms with Crippen molar-refractivity contribution in [2.45, 2.75) is 50.4 Å². The molecule has 3 aromatic heterocycles. The van der Waals surface area contributed by atoms with E-state index in [4.69, 9.17) is 0 Å². The number of alkyl halides is 1. The van der Waals surface area contributed by atoms with Gasteiger partial charge in [-0.3, -0.25) is 9.59 Å². The van der Waals surface area contributed by atoms with E-state index in [1.54, 1.807) is 36.0 Å². The van der Waals surface area contributed by atoms with Crippen molar-refractivity contribution < 1.29 is 14.3 Å². The molecule has 0 bridgehead atoms. The fraction of sp³-hybridized carbons (Fsp3) is 0.455. The molecule has 0 unspecified atom stereocenters. The second-order valence-electron chi connectivity index (χ2n) is 8.61. The highest BCUT2D eigenvalue weighted by atomic mass is 19.1. The van der Waals surface area contributed by atoms with E-state index in [-0.39, 0.29) is 29.1 Å². The lowest BCUT2D eigenvalue weighted by Crippen LogP contribution is -2.22. The second kappa shape index (κ2) is 8.01. The van der Waals surface area contributed by atoms with Crippen molar-refractivity contribution >= 4 is 28.8 Å². The van der Waals surface area contributed by atoms with E-state index in [0.717, 1.165) is 12.8 Å². The Bertz CT molecular complexity index is 1240. The molecule has 0 spiro atoms. The van der Waals surface area contributed by atoms with Gasteiger partial charge in [-0.2, -0.15) is 9.61 Å². The molecule has 0 amide bonds. The molecule has 3 heterocycles. The number of Topliss-reactive ketones (excluding diaryl/α,β-unsaturated/α-hetero) is 1. The van der Waals surface area contributed by atoms with Crippen molar-refractivity contribution in [1.82, 2.24) is 19.2 Å². The van der Waals surface area contributed by atoms with Crippen LogP contribution in [0.15, 0.2) is 35.4 Å². The van der Waals surface area contributed by atoms with Gasteiger partial charge in [-0.25, -0.2) is 9.37 Å². The van der Waals surface area contributed by atoms with Crippen molar-refractivity contribution in [3.63, 3.8) is 0 Å². The first-order chi connectivity index (χ1) is 15.4. The molecule has 4 atom stereocenters. The summed E-state index contributed by atoms with van der Waals surface area (Å²) < 4.78 is 16.4. The number of carbonyl (C=O) groups is 1. The number of hydrogen-bond donors (Lipinski definition) is 3. The van der Waals surface area contributed by atoms with Crippen molar-refractivity contribution in [2.24, 2.45) is 5.92 Å². The molecule has 10 heteroatoms. The first-order valence-corrected chi connectivity index (χ1v) is 10.8. The first kappa shape index (κ1) is 20.6. The van der Waals surface area contributed by atoms with E-state index in [0.29, 0.717) is 42.1 Å². The molecule has 9 nitrogen and oxygen atoms in total. The molecule has 32 heavy (non-hydrogen) atoms. The molecule has 2 saturated carbocycles. The molecule has 2 aliphatic rings. The van der Waals surface area contributed by atoms with Crippen LogP contribution in [-0.2, 0) is 0 Å². The van der Waals surface area contributed by atoms with E-state index in [2.05, 4.69) is 20.7 Å². The Balaban J connectivity index is 1.46. The van der Waals surface area contributed by atoms with Gasteiger partial charge in [0.05, 0.1) is 23.9 Å². The minimum atomic E-state index is -0.991. The van der Waals surface area contributed by atoms with E-state index >= 15 is 0 Å². The Morgan fingerprint density at radius 1 is 1.34 bits per heavy atom. The third kappa shape index (κ3) is 3.75. The number of fused-ring (bicyclic) bond motifs is 1. The van der Waals surface area contributed by atoms with E-state index < -0.39 is 12.2 Å². The van der Waals surface area contributed by atoms with Crippen molar-refractivity contribution in [2.75, 3.05) is 17.7 Å². The van der Waals surface area contributed by atoms with Gasteiger partial charge in [0.1, 0.15) is 23.5 Å². The highest BCUT2D eigenvalue weighted by molar-refractivity contribution is 6.01. The van der Waals surface area contributed by atoms with E-state index in [9.17, 15) is 19.1 Å². The minimum Gasteiger partial charge on any atom is -0.393 e. The van der Waals surface area contributed by atoms with Crippen LogP contribution in [0.2, 0.25) is 0 Å². The van der Waals surface area contributed by atoms with Crippen LogP contribution in [0.4, 0.5) is 21.7 Å². The van der Waals surface area contributed by atoms with Gasteiger partial charge in [0, 0.05) is 32.2 Å². The Labute approximate surface area is 183 Å². The zero-order valence-electron chi connectivity index (χ0n) is 17.7. The van der Waals surface area contributed by atoms with Crippen LogP contribution >= 0.6 is 0 Å². The van der Waals surface area contributed by atoms with E-state index in [1.165, 1.54) is 10.8 Å². The number of pyridine rings is 1. The SMILES string of the molecule is CNc1cc(Nc2cccn([C@@H]3C[C@H]3F)c2=O)nc2c(C(=O)C[C@@H]3CC[C@H](O)C3)cnn12. The molecule has 0 saturated heterocycles. The normalized spacial score (nSPS) is 24.6. The van der Waals surface area contributed by atoms with Gasteiger partial charge in [0.2, 0.25) is 0 Å². The van der Waals surface area contributed by atoms with Crippen LogP contribution in [0.1, 0.15) is 48.5 Å². The van der Waals surface area contributed by atoms with Gasteiger partial charge >= 0.3 is 0 Å². The molecule has 168 valence electrons. The lowest BCUT2D eigenvalue weighted by molar-refractivity contribution is 0.0959. The van der Waals surface area contributed by atoms with Crippen LogP contribution in [0, 0.1) is 5.92 Å². The fourth-order valence-electron chi connectivity index (χ4n) is 4.45. The number of hydrogen-bond acceptors (Lipinski definition) is 7. The summed E-state index contributed by atoms with van der Waals surface area (Å²) in [6.45, 7) is 0. The van der Waals surface area contributed by atoms with Crippen molar-refractivity contribution in [1.29, 1.82) is 0 Å². The lowest BCUT2D eigenvalue weighted by atomic mass is 9.98. The number of nitrogens with zero attached hydrogens (tertiary/aromatic N) is 4. The van der Waals surface area contributed by atoms with Gasteiger partial charge in [-0.05, 0) is 37.3 Å². The molecule has 2 fully saturated rings. The highest BCUT2D eigenvalue weighted by Crippen LogP contribution is 2.38. The number of aliphatic hydroxyl groups is 1. The Morgan fingerprint density at radius 3 is 2.84 bits per heavy atom. The van der Waals surface area contributed by atoms with Crippen LogP contribution in [0.5, 0.6) is 0 Å². The molecular weight excluding hydrogens is 415 g/mol. The maximum atomic E-state index is 13.5. The lowest BCUT2D eigenvalue weighted by Gasteiger charge is -2.12. The number of aliphatic hydroxyl groups excluding tert-OH is 1. The molecule has 2 aliphatic carbocycles. The quantitative estimate of drug-likeness (QED) is 0.484. The Hall–Kier alpha value is -3.27. The predicted octanol–water partition coefficient (Wildman–Crippen LogP) is 2.69. The summed E-state index contributed by atoms with van der Waals surface area (Å²) in [5.41, 5.74) is 0.730. The summed E-state index contributed by atoms with van der Waals surface area (Å²) in [7, 11) is 1.73. The topological polar surface area (TPSA) is 114 Å². The summed E-state index contributed by atoms with van der Waals surface area (Å²) in [6, 6.07) is 4.58. The fourth-order valence-corrected chi connectivity index (χ4v) is 4.45. The number of rotatable bonds is 7. The number of aromatic nitrogens is 4. The summed E-state index contributed by atoms with van der Waals surface area (Å²) >= 11 is 0.